The molecule has 1 aromatic carbocycles. The first-order valence-corrected chi connectivity index (χ1v) is 6.08. The second kappa shape index (κ2) is 5.73. The molecule has 0 unspecified atom stereocenters. The fourth-order valence-electron chi connectivity index (χ4n) is 1.65. The molecule has 1 aromatic heterocycles. The first-order chi connectivity index (χ1) is 9.49. The van der Waals surface area contributed by atoms with E-state index < -0.39 is 11.6 Å². The van der Waals surface area contributed by atoms with E-state index in [9.17, 15) is 13.6 Å². The summed E-state index contributed by atoms with van der Waals surface area (Å²) in [6.07, 6.45) is 0.357. The third-order valence-electron chi connectivity index (χ3n) is 2.58. The van der Waals surface area contributed by atoms with Crippen molar-refractivity contribution < 1.29 is 18.3 Å². The van der Waals surface area contributed by atoms with E-state index in [1.165, 1.54) is 19.2 Å². The van der Waals surface area contributed by atoms with E-state index >= 15 is 0 Å². The van der Waals surface area contributed by atoms with Gasteiger partial charge in [0, 0.05) is 5.56 Å². The van der Waals surface area contributed by atoms with E-state index in [0.29, 0.717) is 6.29 Å². The summed E-state index contributed by atoms with van der Waals surface area (Å²) >= 11 is 11.4. The molecule has 0 radical (unpaired) electrons. The molecule has 0 spiro atoms. The van der Waals surface area contributed by atoms with Gasteiger partial charge in [-0.2, -0.15) is 0 Å². The molecule has 0 fully saturated rings. The van der Waals surface area contributed by atoms with Crippen LogP contribution in [0.1, 0.15) is 10.5 Å². The monoisotopic (exact) mass is 317 g/mol. The number of ether oxygens (including phenoxy) is 1. The van der Waals surface area contributed by atoms with Crippen molar-refractivity contribution in [3.05, 3.63) is 45.6 Å². The average molecular weight is 318 g/mol. The van der Waals surface area contributed by atoms with Crippen molar-refractivity contribution >= 4 is 29.5 Å². The van der Waals surface area contributed by atoms with Gasteiger partial charge in [-0.15, -0.1) is 0 Å². The van der Waals surface area contributed by atoms with Gasteiger partial charge in [-0.05, 0) is 18.2 Å². The molecule has 0 aliphatic heterocycles. The number of methoxy groups -OCH3 is 1. The Bertz CT molecular complexity index is 693. The standard InChI is InChI=1S/C13H7Cl2F2NO2/c1-20-13-7(14)3-2-6(11(13)17)12-9(16)4-8(15)10(5-19)18-12/h2-5H,1H3. The van der Waals surface area contributed by atoms with Gasteiger partial charge < -0.3 is 4.74 Å². The van der Waals surface area contributed by atoms with E-state index in [1.807, 2.05) is 0 Å². The molecule has 0 N–H and O–H groups in total. The van der Waals surface area contributed by atoms with Gasteiger partial charge in [-0.25, -0.2) is 13.8 Å². The molecule has 104 valence electrons. The highest BCUT2D eigenvalue weighted by molar-refractivity contribution is 6.33. The van der Waals surface area contributed by atoms with Gasteiger partial charge in [0.2, 0.25) is 0 Å². The van der Waals surface area contributed by atoms with Crippen LogP contribution in [0.3, 0.4) is 0 Å². The first kappa shape index (κ1) is 14.7. The summed E-state index contributed by atoms with van der Waals surface area (Å²) < 4.78 is 32.9. The van der Waals surface area contributed by atoms with Crippen molar-refractivity contribution in [3.63, 3.8) is 0 Å². The number of aromatic nitrogens is 1. The van der Waals surface area contributed by atoms with E-state index in [-0.39, 0.29) is 32.7 Å². The lowest BCUT2D eigenvalue weighted by molar-refractivity contribution is 0.111. The van der Waals surface area contributed by atoms with Crippen LogP contribution in [0.5, 0.6) is 5.75 Å². The normalized spacial score (nSPS) is 10.4. The summed E-state index contributed by atoms with van der Waals surface area (Å²) in [5.41, 5.74) is -0.705. The SMILES string of the molecule is COc1c(Cl)ccc(-c2nc(C=O)c(Cl)cc2F)c1F. The van der Waals surface area contributed by atoms with Gasteiger partial charge in [-0.1, -0.05) is 23.2 Å². The number of benzene rings is 1. The molecule has 0 saturated heterocycles. The number of hydrogen-bond donors (Lipinski definition) is 0. The molecule has 2 rings (SSSR count). The molecule has 0 amide bonds. The van der Waals surface area contributed by atoms with Crippen LogP contribution in [0.2, 0.25) is 10.0 Å². The maximum Gasteiger partial charge on any atom is 0.176 e. The second-order valence-corrected chi connectivity index (χ2v) is 4.56. The summed E-state index contributed by atoms with van der Waals surface area (Å²) in [7, 11) is 1.23. The topological polar surface area (TPSA) is 39.2 Å². The number of aldehydes is 1. The van der Waals surface area contributed by atoms with E-state index in [1.54, 1.807) is 0 Å². The third kappa shape index (κ3) is 2.46. The zero-order valence-electron chi connectivity index (χ0n) is 10.1. The molecule has 20 heavy (non-hydrogen) atoms. The molecule has 0 aliphatic rings. The summed E-state index contributed by atoms with van der Waals surface area (Å²) in [6, 6.07) is 3.48. The van der Waals surface area contributed by atoms with Crippen LogP contribution in [0, 0.1) is 11.6 Å². The van der Waals surface area contributed by atoms with Crippen LogP contribution in [0.4, 0.5) is 8.78 Å². The van der Waals surface area contributed by atoms with Crippen molar-refractivity contribution in [1.82, 2.24) is 4.98 Å². The largest absolute Gasteiger partial charge is 0.492 e. The Hall–Kier alpha value is -1.72. The highest BCUT2D eigenvalue weighted by Gasteiger charge is 2.19. The van der Waals surface area contributed by atoms with Crippen molar-refractivity contribution in [2.75, 3.05) is 7.11 Å². The van der Waals surface area contributed by atoms with Gasteiger partial charge in [0.25, 0.3) is 0 Å². The molecule has 0 atom stereocenters. The molecule has 0 aliphatic carbocycles. The van der Waals surface area contributed by atoms with E-state index in [4.69, 9.17) is 27.9 Å². The van der Waals surface area contributed by atoms with Crippen molar-refractivity contribution in [1.29, 1.82) is 0 Å². The van der Waals surface area contributed by atoms with Crippen molar-refractivity contribution in [2.24, 2.45) is 0 Å². The quantitative estimate of drug-likeness (QED) is 0.798. The number of halogens is 4. The first-order valence-electron chi connectivity index (χ1n) is 5.33. The van der Waals surface area contributed by atoms with Crippen LogP contribution in [0.15, 0.2) is 18.2 Å². The highest BCUT2D eigenvalue weighted by atomic mass is 35.5. The number of hydrogen-bond acceptors (Lipinski definition) is 3. The fraction of sp³-hybridized carbons (Fsp3) is 0.0769. The van der Waals surface area contributed by atoms with Crippen LogP contribution in [0.25, 0.3) is 11.3 Å². The minimum atomic E-state index is -0.870. The molecule has 1 heterocycles. The molecular formula is C13H7Cl2F2NO2. The number of pyridine rings is 1. The zero-order chi connectivity index (χ0) is 14.9. The molecular weight excluding hydrogens is 311 g/mol. The maximum absolute atomic E-state index is 14.2. The predicted octanol–water partition coefficient (Wildman–Crippen LogP) is 4.15. The van der Waals surface area contributed by atoms with Gasteiger partial charge in [0.05, 0.1) is 17.2 Å². The average Bonchev–Trinajstić information content (AvgIpc) is 2.41. The van der Waals surface area contributed by atoms with Crippen LogP contribution in [-0.2, 0) is 0 Å². The lowest BCUT2D eigenvalue weighted by atomic mass is 10.1. The summed E-state index contributed by atoms with van der Waals surface area (Å²) in [6.45, 7) is 0. The fourth-order valence-corrected chi connectivity index (χ4v) is 2.06. The van der Waals surface area contributed by atoms with Crippen molar-refractivity contribution in [2.45, 2.75) is 0 Å². The van der Waals surface area contributed by atoms with Gasteiger partial charge in [-0.3, -0.25) is 4.79 Å². The number of rotatable bonds is 3. The molecule has 2 aromatic rings. The van der Waals surface area contributed by atoms with Gasteiger partial charge in [0.15, 0.2) is 23.7 Å². The van der Waals surface area contributed by atoms with Crippen LogP contribution in [-0.4, -0.2) is 18.4 Å². The Morgan fingerprint density at radius 1 is 1.25 bits per heavy atom. The predicted molar refractivity (Wildman–Crippen MR) is 71.5 cm³/mol. The zero-order valence-corrected chi connectivity index (χ0v) is 11.6. The maximum atomic E-state index is 14.2. The minimum absolute atomic E-state index is 0.0405. The Morgan fingerprint density at radius 3 is 2.55 bits per heavy atom. The Labute approximate surface area is 123 Å². The smallest absolute Gasteiger partial charge is 0.176 e. The minimum Gasteiger partial charge on any atom is -0.492 e. The molecule has 7 heteroatoms. The Kier molecular flexibility index (Phi) is 4.20. The Morgan fingerprint density at radius 2 is 1.95 bits per heavy atom. The number of nitrogens with zero attached hydrogens (tertiary/aromatic N) is 1. The number of carbonyl (C=O) groups excluding carboxylic acids is 1. The summed E-state index contributed by atoms with van der Waals surface area (Å²) in [5, 5.41) is -0.110. The van der Waals surface area contributed by atoms with Gasteiger partial charge in [0.1, 0.15) is 11.4 Å². The Balaban J connectivity index is 2.72. The van der Waals surface area contributed by atoms with E-state index in [0.717, 1.165) is 6.07 Å². The highest BCUT2D eigenvalue weighted by Crippen LogP contribution is 2.35. The molecule has 3 nitrogen and oxygen atoms in total. The lowest BCUT2D eigenvalue weighted by Gasteiger charge is -2.10. The van der Waals surface area contributed by atoms with Crippen LogP contribution < -0.4 is 4.74 Å². The summed E-state index contributed by atoms with van der Waals surface area (Å²) in [4.78, 5) is 14.5. The second-order valence-electron chi connectivity index (χ2n) is 3.75. The van der Waals surface area contributed by atoms with Gasteiger partial charge >= 0.3 is 0 Å². The summed E-state index contributed by atoms with van der Waals surface area (Å²) in [5.74, 6) is -1.96. The third-order valence-corrected chi connectivity index (χ3v) is 3.18. The van der Waals surface area contributed by atoms with Crippen molar-refractivity contribution in [3.8, 4) is 17.0 Å². The lowest BCUT2D eigenvalue weighted by Crippen LogP contribution is -1.99. The van der Waals surface area contributed by atoms with E-state index in [2.05, 4.69) is 4.98 Å². The molecule has 0 saturated carbocycles. The number of carbonyl (C=O) groups is 1. The van der Waals surface area contributed by atoms with Crippen LogP contribution >= 0.6 is 23.2 Å². The molecule has 0 bridgehead atoms.